The van der Waals surface area contributed by atoms with Gasteiger partial charge in [-0.05, 0) is 25.8 Å². The van der Waals surface area contributed by atoms with Gasteiger partial charge in [-0.2, -0.15) is 13.2 Å². The summed E-state index contributed by atoms with van der Waals surface area (Å²) in [6.45, 7) is 2.97. The number of amides is 1. The molecule has 1 fully saturated rings. The molecular formula is C13H17F3N4O. The first-order chi connectivity index (χ1) is 9.79. The van der Waals surface area contributed by atoms with Crippen LogP contribution in [0.5, 0.6) is 0 Å². The predicted octanol–water partition coefficient (Wildman–Crippen LogP) is 2.11. The Morgan fingerprint density at radius 1 is 1.43 bits per heavy atom. The molecule has 2 heterocycles. The quantitative estimate of drug-likeness (QED) is 0.897. The van der Waals surface area contributed by atoms with Crippen LogP contribution in [0.2, 0.25) is 0 Å². The molecule has 1 aromatic rings. The summed E-state index contributed by atoms with van der Waals surface area (Å²) in [6.07, 6.45) is -1.70. The molecule has 1 aliphatic rings. The fourth-order valence-electron chi connectivity index (χ4n) is 2.25. The summed E-state index contributed by atoms with van der Waals surface area (Å²) in [7, 11) is 0. The van der Waals surface area contributed by atoms with Crippen LogP contribution in [-0.4, -0.2) is 34.9 Å². The van der Waals surface area contributed by atoms with Gasteiger partial charge >= 0.3 is 6.18 Å². The standard InChI is InChI=1S/C13H17F3N4O/c1-8(12(21)20-4-2-3-5-20)19-10-6-11(13(14,15)16)18-7-9(10)17/h6-8H,2-5,17H2,1H3,(H,18,19). The Bertz CT molecular complexity index is 527. The van der Waals surface area contributed by atoms with Crippen LogP contribution in [-0.2, 0) is 11.0 Å². The highest BCUT2D eigenvalue weighted by Gasteiger charge is 2.33. The lowest BCUT2D eigenvalue weighted by Gasteiger charge is -2.22. The highest BCUT2D eigenvalue weighted by Crippen LogP contribution is 2.31. The molecule has 1 unspecified atom stereocenters. The van der Waals surface area contributed by atoms with Crippen molar-refractivity contribution >= 4 is 17.3 Å². The number of pyridine rings is 1. The lowest BCUT2D eigenvalue weighted by atomic mass is 10.2. The monoisotopic (exact) mass is 302 g/mol. The summed E-state index contributed by atoms with van der Waals surface area (Å²) in [6, 6.07) is 0.178. The van der Waals surface area contributed by atoms with E-state index in [-0.39, 0.29) is 17.3 Å². The molecule has 2 rings (SSSR count). The minimum absolute atomic E-state index is 0.0670. The van der Waals surface area contributed by atoms with Gasteiger partial charge < -0.3 is 16.0 Å². The van der Waals surface area contributed by atoms with Crippen molar-refractivity contribution < 1.29 is 18.0 Å². The van der Waals surface area contributed by atoms with E-state index in [1.807, 2.05) is 0 Å². The summed E-state index contributed by atoms with van der Waals surface area (Å²) >= 11 is 0. The fraction of sp³-hybridized carbons (Fsp3) is 0.538. The zero-order valence-corrected chi connectivity index (χ0v) is 11.6. The maximum atomic E-state index is 12.6. The van der Waals surface area contributed by atoms with Crippen molar-refractivity contribution in [1.29, 1.82) is 0 Å². The van der Waals surface area contributed by atoms with Crippen LogP contribution < -0.4 is 11.1 Å². The Morgan fingerprint density at radius 2 is 2.05 bits per heavy atom. The summed E-state index contributed by atoms with van der Waals surface area (Å²) < 4.78 is 37.9. The molecule has 1 saturated heterocycles. The van der Waals surface area contributed by atoms with E-state index in [0.717, 1.165) is 25.1 Å². The van der Waals surface area contributed by atoms with E-state index in [4.69, 9.17) is 5.73 Å². The molecule has 21 heavy (non-hydrogen) atoms. The van der Waals surface area contributed by atoms with E-state index in [1.54, 1.807) is 11.8 Å². The van der Waals surface area contributed by atoms with Crippen LogP contribution in [0.1, 0.15) is 25.5 Å². The number of hydrogen-bond donors (Lipinski definition) is 2. The number of carbonyl (C=O) groups is 1. The largest absolute Gasteiger partial charge is 0.433 e. The van der Waals surface area contributed by atoms with Crippen LogP contribution in [0.4, 0.5) is 24.5 Å². The molecule has 8 heteroatoms. The molecule has 0 spiro atoms. The average Bonchev–Trinajstić information content (AvgIpc) is 2.92. The van der Waals surface area contributed by atoms with Gasteiger partial charge in [0.2, 0.25) is 5.91 Å². The van der Waals surface area contributed by atoms with Gasteiger partial charge in [-0.15, -0.1) is 0 Å². The van der Waals surface area contributed by atoms with E-state index in [9.17, 15) is 18.0 Å². The number of aromatic nitrogens is 1. The molecule has 1 aliphatic heterocycles. The second-order valence-corrected chi connectivity index (χ2v) is 5.05. The average molecular weight is 302 g/mol. The normalized spacial score (nSPS) is 16.9. The van der Waals surface area contributed by atoms with Gasteiger partial charge in [0.15, 0.2) is 0 Å². The SMILES string of the molecule is CC(Nc1cc(C(F)(F)F)ncc1N)C(=O)N1CCCC1. The van der Waals surface area contributed by atoms with Gasteiger partial charge in [-0.25, -0.2) is 4.98 Å². The van der Waals surface area contributed by atoms with Crippen LogP contribution in [0.15, 0.2) is 12.3 Å². The van der Waals surface area contributed by atoms with Crippen molar-refractivity contribution in [3.05, 3.63) is 18.0 Å². The first kappa shape index (κ1) is 15.4. The molecule has 116 valence electrons. The highest BCUT2D eigenvalue weighted by atomic mass is 19.4. The molecule has 1 atom stereocenters. The van der Waals surface area contributed by atoms with E-state index in [1.165, 1.54) is 0 Å². The lowest BCUT2D eigenvalue weighted by molar-refractivity contribution is -0.141. The first-order valence-electron chi connectivity index (χ1n) is 6.67. The van der Waals surface area contributed by atoms with Crippen LogP contribution >= 0.6 is 0 Å². The number of likely N-dealkylation sites (tertiary alicyclic amines) is 1. The van der Waals surface area contributed by atoms with Crippen molar-refractivity contribution in [1.82, 2.24) is 9.88 Å². The molecule has 3 N–H and O–H groups in total. The molecule has 0 radical (unpaired) electrons. The van der Waals surface area contributed by atoms with Gasteiger partial charge in [-0.3, -0.25) is 4.79 Å². The summed E-state index contributed by atoms with van der Waals surface area (Å²) in [5, 5.41) is 2.74. The maximum Gasteiger partial charge on any atom is 0.433 e. The van der Waals surface area contributed by atoms with E-state index >= 15 is 0 Å². The number of nitrogens with two attached hydrogens (primary N) is 1. The molecular weight excluding hydrogens is 285 g/mol. The number of anilines is 2. The van der Waals surface area contributed by atoms with Crippen LogP contribution in [0, 0.1) is 0 Å². The van der Waals surface area contributed by atoms with Crippen molar-refractivity contribution in [3.8, 4) is 0 Å². The van der Waals surface area contributed by atoms with Gasteiger partial charge in [0.05, 0.1) is 17.6 Å². The van der Waals surface area contributed by atoms with E-state index in [0.29, 0.717) is 13.1 Å². The van der Waals surface area contributed by atoms with Gasteiger partial charge in [0, 0.05) is 13.1 Å². The number of hydrogen-bond acceptors (Lipinski definition) is 4. The Balaban J connectivity index is 2.12. The third kappa shape index (κ3) is 3.56. The topological polar surface area (TPSA) is 71.2 Å². The summed E-state index contributed by atoms with van der Waals surface area (Å²) in [5.41, 5.74) is 4.72. The van der Waals surface area contributed by atoms with Crippen LogP contribution in [0.25, 0.3) is 0 Å². The molecule has 0 aromatic carbocycles. The van der Waals surface area contributed by atoms with Crippen molar-refractivity contribution in [2.24, 2.45) is 0 Å². The first-order valence-corrected chi connectivity index (χ1v) is 6.67. The summed E-state index contributed by atoms with van der Waals surface area (Å²) in [5.74, 6) is -0.141. The van der Waals surface area contributed by atoms with Crippen molar-refractivity contribution in [2.75, 3.05) is 24.1 Å². The third-order valence-corrected chi connectivity index (χ3v) is 3.39. The third-order valence-electron chi connectivity index (χ3n) is 3.39. The second kappa shape index (κ2) is 5.79. The van der Waals surface area contributed by atoms with E-state index in [2.05, 4.69) is 10.3 Å². The zero-order valence-electron chi connectivity index (χ0n) is 11.6. The molecule has 0 saturated carbocycles. The summed E-state index contributed by atoms with van der Waals surface area (Å²) in [4.78, 5) is 17.1. The number of nitrogen functional groups attached to an aromatic ring is 1. The van der Waals surface area contributed by atoms with E-state index < -0.39 is 17.9 Å². The Hall–Kier alpha value is -1.99. The van der Waals surface area contributed by atoms with Crippen molar-refractivity contribution in [2.45, 2.75) is 32.0 Å². The number of nitrogens with one attached hydrogen (secondary N) is 1. The number of nitrogens with zero attached hydrogens (tertiary/aromatic N) is 2. The molecule has 5 nitrogen and oxygen atoms in total. The maximum absolute atomic E-state index is 12.6. The Morgan fingerprint density at radius 3 is 2.62 bits per heavy atom. The van der Waals surface area contributed by atoms with Crippen LogP contribution in [0.3, 0.4) is 0 Å². The highest BCUT2D eigenvalue weighted by molar-refractivity contribution is 5.85. The van der Waals surface area contributed by atoms with Gasteiger partial charge in [0.1, 0.15) is 11.7 Å². The number of rotatable bonds is 3. The molecule has 0 bridgehead atoms. The smallest absolute Gasteiger partial charge is 0.396 e. The Kier molecular flexibility index (Phi) is 4.24. The van der Waals surface area contributed by atoms with Crippen molar-refractivity contribution in [3.63, 3.8) is 0 Å². The predicted molar refractivity (Wildman–Crippen MR) is 72.6 cm³/mol. The molecule has 1 aromatic heterocycles. The lowest BCUT2D eigenvalue weighted by Crippen LogP contribution is -2.39. The van der Waals surface area contributed by atoms with Gasteiger partial charge in [-0.1, -0.05) is 0 Å². The second-order valence-electron chi connectivity index (χ2n) is 5.05. The minimum atomic E-state index is -4.55. The molecule has 0 aliphatic carbocycles. The number of carbonyl (C=O) groups excluding carboxylic acids is 1. The van der Waals surface area contributed by atoms with Gasteiger partial charge in [0.25, 0.3) is 0 Å². The fourth-order valence-corrected chi connectivity index (χ4v) is 2.25. The minimum Gasteiger partial charge on any atom is -0.396 e. The molecule has 1 amide bonds. The Labute approximate surface area is 120 Å². The number of halogens is 3. The zero-order chi connectivity index (χ0) is 15.6. The number of alkyl halides is 3.